The lowest BCUT2D eigenvalue weighted by Crippen LogP contribution is -2.42. The molecule has 0 aliphatic carbocycles. The predicted octanol–water partition coefficient (Wildman–Crippen LogP) is 1.04. The number of ether oxygens (including phenoxy) is 1. The van der Waals surface area contributed by atoms with Crippen molar-refractivity contribution in [3.05, 3.63) is 0 Å². The molecule has 6 heteroatoms. The maximum atomic E-state index is 8.08. The monoisotopic (exact) mass is 252 g/mol. The summed E-state index contributed by atoms with van der Waals surface area (Å²) in [5.41, 5.74) is 0. The van der Waals surface area contributed by atoms with E-state index in [-0.39, 0.29) is 12.7 Å². The van der Waals surface area contributed by atoms with Gasteiger partial charge in [-0.3, -0.25) is 0 Å². The Morgan fingerprint density at radius 1 is 1.12 bits per heavy atom. The van der Waals surface area contributed by atoms with Crippen molar-refractivity contribution in [3.8, 4) is 0 Å². The van der Waals surface area contributed by atoms with Gasteiger partial charge in [0.05, 0.1) is 13.2 Å². The van der Waals surface area contributed by atoms with E-state index in [1.807, 2.05) is 27.3 Å². The van der Waals surface area contributed by atoms with Gasteiger partial charge in [0.1, 0.15) is 6.10 Å². The van der Waals surface area contributed by atoms with Crippen LogP contribution in [-0.2, 0) is 18.0 Å². The van der Waals surface area contributed by atoms with Crippen LogP contribution in [0.2, 0.25) is 6.55 Å². The van der Waals surface area contributed by atoms with Gasteiger partial charge < -0.3 is 23.1 Å². The summed E-state index contributed by atoms with van der Waals surface area (Å²) in [5.74, 6) is 0. The van der Waals surface area contributed by atoms with Gasteiger partial charge in [-0.1, -0.05) is 0 Å². The van der Waals surface area contributed by atoms with Crippen LogP contribution in [0.3, 0.4) is 0 Å². The number of rotatable bonds is 7. The minimum Gasteiger partial charge on any atom is -0.394 e. The highest BCUT2D eigenvalue weighted by Crippen LogP contribution is 2.08. The SMILES string of the molecule is CCO[Si](C)(OCC)OCC.OCC1CO1. The first-order valence-corrected chi connectivity index (χ1v) is 7.98. The Hall–Kier alpha value is 0.0169. The van der Waals surface area contributed by atoms with E-state index in [1.54, 1.807) is 0 Å². The van der Waals surface area contributed by atoms with Crippen LogP contribution in [0.25, 0.3) is 0 Å². The first-order chi connectivity index (χ1) is 7.61. The molecule has 1 rings (SSSR count). The molecule has 0 aromatic carbocycles. The van der Waals surface area contributed by atoms with Crippen molar-refractivity contribution in [3.63, 3.8) is 0 Å². The molecule has 1 unspecified atom stereocenters. The normalized spacial score (nSPS) is 18.9. The van der Waals surface area contributed by atoms with Crippen LogP contribution in [-0.4, -0.2) is 53.0 Å². The van der Waals surface area contributed by atoms with Crippen LogP contribution in [0.5, 0.6) is 0 Å². The van der Waals surface area contributed by atoms with Crippen LogP contribution in [0, 0.1) is 0 Å². The third-order valence-corrected chi connectivity index (χ3v) is 4.26. The van der Waals surface area contributed by atoms with Crippen molar-refractivity contribution in [2.75, 3.05) is 33.0 Å². The summed E-state index contributed by atoms with van der Waals surface area (Å²) in [5, 5.41) is 8.08. The summed E-state index contributed by atoms with van der Waals surface area (Å²) in [7, 11) is -2.25. The molecule has 0 bridgehead atoms. The first kappa shape index (κ1) is 16.0. The average molecular weight is 252 g/mol. The van der Waals surface area contributed by atoms with Gasteiger partial charge in [-0.05, 0) is 20.8 Å². The van der Waals surface area contributed by atoms with Gasteiger partial charge >= 0.3 is 8.80 Å². The van der Waals surface area contributed by atoms with E-state index in [4.69, 9.17) is 18.4 Å². The maximum Gasteiger partial charge on any atom is 0.497 e. The van der Waals surface area contributed by atoms with Crippen molar-refractivity contribution in [1.29, 1.82) is 0 Å². The summed E-state index contributed by atoms with van der Waals surface area (Å²) in [6, 6.07) is 0. The van der Waals surface area contributed by atoms with Gasteiger partial charge in [-0.2, -0.15) is 0 Å². The summed E-state index contributed by atoms with van der Waals surface area (Å²) in [6.45, 7) is 10.7. The number of epoxide rings is 1. The summed E-state index contributed by atoms with van der Waals surface area (Å²) in [4.78, 5) is 0. The van der Waals surface area contributed by atoms with Crippen LogP contribution < -0.4 is 0 Å². The van der Waals surface area contributed by atoms with Crippen molar-refractivity contribution in [1.82, 2.24) is 0 Å². The summed E-state index contributed by atoms with van der Waals surface area (Å²) < 4.78 is 20.8. The molecule has 1 atom stereocenters. The molecule has 1 heterocycles. The number of aliphatic hydroxyl groups is 1. The Labute approximate surface area is 99.0 Å². The fourth-order valence-electron chi connectivity index (χ4n) is 1.09. The third kappa shape index (κ3) is 8.20. The third-order valence-electron chi connectivity index (χ3n) is 1.83. The number of hydrogen-bond donors (Lipinski definition) is 1. The van der Waals surface area contributed by atoms with E-state index in [1.165, 1.54) is 0 Å². The molecule has 0 amide bonds. The van der Waals surface area contributed by atoms with E-state index >= 15 is 0 Å². The van der Waals surface area contributed by atoms with Gasteiger partial charge in [-0.25, -0.2) is 0 Å². The Morgan fingerprint density at radius 2 is 1.50 bits per heavy atom. The maximum absolute atomic E-state index is 8.08. The van der Waals surface area contributed by atoms with Gasteiger partial charge in [0.15, 0.2) is 0 Å². The minimum atomic E-state index is -2.25. The van der Waals surface area contributed by atoms with E-state index in [2.05, 4.69) is 4.74 Å². The zero-order valence-electron chi connectivity index (χ0n) is 10.7. The van der Waals surface area contributed by atoms with Crippen molar-refractivity contribution >= 4 is 8.80 Å². The standard InChI is InChI=1S/C7H18O3Si.C3H6O2/c1-5-8-11(4,9-6-2)10-7-3;4-1-3-2-5-3/h5-7H2,1-4H3;3-4H,1-2H2. The zero-order valence-corrected chi connectivity index (χ0v) is 11.7. The Bertz CT molecular complexity index is 146. The topological polar surface area (TPSA) is 60.5 Å². The molecule has 16 heavy (non-hydrogen) atoms. The molecule has 1 fully saturated rings. The fourth-order valence-corrected chi connectivity index (χ4v) is 2.91. The van der Waals surface area contributed by atoms with Gasteiger partial charge in [0.25, 0.3) is 0 Å². The van der Waals surface area contributed by atoms with E-state index < -0.39 is 8.80 Å². The Kier molecular flexibility index (Phi) is 9.10. The molecule has 0 spiro atoms. The minimum absolute atomic E-state index is 0.190. The summed E-state index contributed by atoms with van der Waals surface area (Å²) in [6.07, 6.45) is 0.190. The van der Waals surface area contributed by atoms with Crippen LogP contribution in [0.15, 0.2) is 0 Å². The average Bonchev–Trinajstić information content (AvgIpc) is 3.02. The lowest BCUT2D eigenvalue weighted by atomic mass is 10.5. The molecule has 0 saturated carbocycles. The molecule has 0 radical (unpaired) electrons. The van der Waals surface area contributed by atoms with E-state index in [0.717, 1.165) is 6.61 Å². The zero-order chi connectivity index (χ0) is 12.4. The molecule has 0 aromatic rings. The lowest BCUT2D eigenvalue weighted by Gasteiger charge is -2.23. The number of aliphatic hydroxyl groups excluding tert-OH is 1. The molecule has 0 aromatic heterocycles. The molecule has 98 valence electrons. The molecular weight excluding hydrogens is 228 g/mol. The highest BCUT2D eigenvalue weighted by atomic mass is 28.4. The first-order valence-electron chi connectivity index (χ1n) is 5.76. The van der Waals surface area contributed by atoms with Crippen LogP contribution in [0.4, 0.5) is 0 Å². The smallest absolute Gasteiger partial charge is 0.394 e. The molecule has 1 saturated heterocycles. The predicted molar refractivity (Wildman–Crippen MR) is 63.3 cm³/mol. The molecule has 1 aliphatic rings. The Morgan fingerprint density at radius 3 is 1.62 bits per heavy atom. The molecular formula is C10H24O5Si. The molecule has 1 N–H and O–H groups in total. The second-order valence-electron chi connectivity index (χ2n) is 3.30. The highest BCUT2D eigenvalue weighted by Gasteiger charge is 2.32. The van der Waals surface area contributed by atoms with Gasteiger partial charge in [0, 0.05) is 26.4 Å². The van der Waals surface area contributed by atoms with Crippen molar-refractivity contribution in [2.45, 2.75) is 33.4 Å². The lowest BCUT2D eigenvalue weighted by molar-refractivity contribution is 0.0783. The quantitative estimate of drug-likeness (QED) is 0.542. The second-order valence-corrected chi connectivity index (χ2v) is 5.89. The van der Waals surface area contributed by atoms with Crippen molar-refractivity contribution in [2.24, 2.45) is 0 Å². The van der Waals surface area contributed by atoms with Crippen LogP contribution >= 0.6 is 0 Å². The van der Waals surface area contributed by atoms with E-state index in [9.17, 15) is 0 Å². The summed E-state index contributed by atoms with van der Waals surface area (Å²) >= 11 is 0. The largest absolute Gasteiger partial charge is 0.497 e. The fraction of sp³-hybridized carbons (Fsp3) is 1.00. The van der Waals surface area contributed by atoms with Gasteiger partial charge in [-0.15, -0.1) is 0 Å². The second kappa shape index (κ2) is 9.09. The van der Waals surface area contributed by atoms with Crippen molar-refractivity contribution < 1.29 is 23.1 Å². The van der Waals surface area contributed by atoms with E-state index in [0.29, 0.717) is 19.8 Å². The highest BCUT2D eigenvalue weighted by molar-refractivity contribution is 6.59. The van der Waals surface area contributed by atoms with Gasteiger partial charge in [0.2, 0.25) is 0 Å². The molecule has 1 aliphatic heterocycles. The number of hydrogen-bond acceptors (Lipinski definition) is 5. The van der Waals surface area contributed by atoms with Crippen LogP contribution in [0.1, 0.15) is 20.8 Å². The molecule has 5 nitrogen and oxygen atoms in total. The Balaban J connectivity index is 0.000000368.